The molecule has 0 heterocycles. The average molecular weight is 499 g/mol. The second kappa shape index (κ2) is 8.49. The average Bonchev–Trinajstić information content (AvgIpc) is 3.20. The highest BCUT2D eigenvalue weighted by Gasteiger charge is 2.59. The molecule has 186 valence electrons. The maximum Gasteiger partial charge on any atom is 0.223 e. The summed E-state index contributed by atoms with van der Waals surface area (Å²) < 4.78 is 45.1. The van der Waals surface area contributed by atoms with E-state index in [0.29, 0.717) is 38.6 Å². The summed E-state index contributed by atoms with van der Waals surface area (Å²) in [5, 5.41) is 16.3. The van der Waals surface area contributed by atoms with Gasteiger partial charge in [0.05, 0.1) is 17.2 Å². The molecule has 2 bridgehead atoms. The maximum atomic E-state index is 15.1. The van der Waals surface area contributed by atoms with Crippen LogP contribution in [0.3, 0.4) is 0 Å². The van der Waals surface area contributed by atoms with Crippen LogP contribution in [0.2, 0.25) is 5.02 Å². The number of fused-ring (bicyclic) bond motifs is 2. The molecule has 1 aromatic rings. The fourth-order valence-corrected chi connectivity index (χ4v) is 6.62. The standard InChI is InChI=1S/C25H30ClF3N2O3/c26-15-1-2-16(27)19(20(15)28)21(24-5-7-25(29,11-24)8-6-24)31-22(34)14-9-17(18(33)10-14)30-12-23(13-32)3-4-23/h1-2,13-14,17-18,21,30,33H,3-12H2,(H,31,34)/t14-,17-,18+,21+,24?,25?/m0/s1. The van der Waals surface area contributed by atoms with E-state index in [2.05, 4.69) is 10.6 Å². The predicted octanol–water partition coefficient (Wildman–Crippen LogP) is 4.16. The molecule has 1 amide bonds. The van der Waals surface area contributed by atoms with E-state index in [1.807, 2.05) is 0 Å². The van der Waals surface area contributed by atoms with E-state index in [1.165, 1.54) is 0 Å². The van der Waals surface area contributed by atoms with Crippen LogP contribution in [0.5, 0.6) is 0 Å². The number of halogens is 4. The van der Waals surface area contributed by atoms with Gasteiger partial charge in [-0.25, -0.2) is 13.2 Å². The van der Waals surface area contributed by atoms with E-state index < -0.39 is 46.7 Å². The van der Waals surface area contributed by atoms with Gasteiger partial charge in [0.1, 0.15) is 23.6 Å². The molecule has 4 atom stereocenters. The minimum atomic E-state index is -1.37. The first kappa shape index (κ1) is 24.1. The molecule has 0 aromatic heterocycles. The number of amides is 1. The van der Waals surface area contributed by atoms with E-state index in [9.17, 15) is 19.1 Å². The Kier molecular flexibility index (Phi) is 6.01. The highest BCUT2D eigenvalue weighted by molar-refractivity contribution is 6.30. The first-order chi connectivity index (χ1) is 16.1. The minimum absolute atomic E-state index is 0.140. The molecule has 9 heteroatoms. The monoisotopic (exact) mass is 498 g/mol. The van der Waals surface area contributed by atoms with Crippen molar-refractivity contribution in [3.63, 3.8) is 0 Å². The Morgan fingerprint density at radius 3 is 2.47 bits per heavy atom. The lowest BCUT2D eigenvalue weighted by molar-refractivity contribution is -0.127. The summed E-state index contributed by atoms with van der Waals surface area (Å²) in [5.74, 6) is -2.74. The zero-order chi connectivity index (χ0) is 24.3. The Morgan fingerprint density at radius 1 is 1.18 bits per heavy atom. The third-order valence-corrected chi connectivity index (χ3v) is 9.13. The summed E-state index contributed by atoms with van der Waals surface area (Å²) >= 11 is 5.96. The van der Waals surface area contributed by atoms with Gasteiger partial charge in [0.2, 0.25) is 5.91 Å². The first-order valence-corrected chi connectivity index (χ1v) is 12.5. The first-order valence-electron chi connectivity index (χ1n) is 12.1. The summed E-state index contributed by atoms with van der Waals surface area (Å²) in [6.07, 6.45) is 3.92. The minimum Gasteiger partial charge on any atom is -0.391 e. The molecule has 34 heavy (non-hydrogen) atoms. The fraction of sp³-hybridized carbons (Fsp3) is 0.680. The van der Waals surface area contributed by atoms with Crippen molar-refractivity contribution in [3.05, 3.63) is 34.4 Å². The number of benzene rings is 1. The van der Waals surface area contributed by atoms with Crippen LogP contribution in [-0.4, -0.2) is 41.7 Å². The van der Waals surface area contributed by atoms with Gasteiger partial charge in [-0.05, 0) is 75.3 Å². The molecular formula is C25H30ClF3N2O3. The quantitative estimate of drug-likeness (QED) is 0.371. The molecule has 4 saturated carbocycles. The molecule has 4 aliphatic rings. The topological polar surface area (TPSA) is 78.4 Å². The van der Waals surface area contributed by atoms with Crippen LogP contribution in [0.25, 0.3) is 0 Å². The highest BCUT2D eigenvalue weighted by Crippen LogP contribution is 2.63. The van der Waals surface area contributed by atoms with Gasteiger partial charge in [-0.15, -0.1) is 0 Å². The van der Waals surface area contributed by atoms with Gasteiger partial charge in [0.15, 0.2) is 0 Å². The molecule has 0 spiro atoms. The Bertz CT molecular complexity index is 994. The lowest BCUT2D eigenvalue weighted by Gasteiger charge is -2.37. The number of hydrogen-bond donors (Lipinski definition) is 3. The fourth-order valence-electron chi connectivity index (χ4n) is 6.45. The van der Waals surface area contributed by atoms with E-state index in [4.69, 9.17) is 11.6 Å². The van der Waals surface area contributed by atoms with Crippen LogP contribution in [-0.2, 0) is 9.59 Å². The SMILES string of the molecule is O=CC1(CN[C@H]2C[C@H](C(=O)N[C@H](c3c(F)ccc(Cl)c3F)C34CCC(F)(CC3)C4)C[C@H]2O)CC1. The van der Waals surface area contributed by atoms with E-state index >= 15 is 8.78 Å². The van der Waals surface area contributed by atoms with Gasteiger partial charge in [-0.2, -0.15) is 0 Å². The van der Waals surface area contributed by atoms with Crippen LogP contribution < -0.4 is 10.6 Å². The number of carbonyl (C=O) groups is 2. The van der Waals surface area contributed by atoms with Gasteiger partial charge in [0.25, 0.3) is 0 Å². The van der Waals surface area contributed by atoms with E-state index in [0.717, 1.165) is 31.3 Å². The zero-order valence-electron chi connectivity index (χ0n) is 18.9. The van der Waals surface area contributed by atoms with Gasteiger partial charge >= 0.3 is 0 Å². The van der Waals surface area contributed by atoms with E-state index in [1.54, 1.807) is 0 Å². The molecule has 3 N–H and O–H groups in total. The Labute approximate surface area is 201 Å². The third kappa shape index (κ3) is 4.16. The van der Waals surface area contributed by atoms with Gasteiger partial charge in [-0.3, -0.25) is 4.79 Å². The molecule has 5 nitrogen and oxygen atoms in total. The molecule has 0 saturated heterocycles. The van der Waals surface area contributed by atoms with Gasteiger partial charge in [0, 0.05) is 29.5 Å². The number of alkyl halides is 1. The summed E-state index contributed by atoms with van der Waals surface area (Å²) in [6, 6.07) is 0.807. The molecule has 5 rings (SSSR count). The second-order valence-corrected chi connectivity index (χ2v) is 11.5. The summed E-state index contributed by atoms with van der Waals surface area (Å²) in [5.41, 5.74) is -2.84. The van der Waals surface area contributed by atoms with Crippen molar-refractivity contribution in [2.45, 2.75) is 81.6 Å². The van der Waals surface area contributed by atoms with E-state index in [-0.39, 0.29) is 34.9 Å². The summed E-state index contributed by atoms with van der Waals surface area (Å²) in [4.78, 5) is 24.6. The van der Waals surface area contributed by atoms with Crippen molar-refractivity contribution >= 4 is 23.8 Å². The van der Waals surface area contributed by atoms with Gasteiger partial charge in [-0.1, -0.05) is 11.6 Å². The molecule has 4 aliphatic carbocycles. The molecule has 4 fully saturated rings. The Morgan fingerprint density at radius 2 is 1.88 bits per heavy atom. The smallest absolute Gasteiger partial charge is 0.223 e. The van der Waals surface area contributed by atoms with Crippen molar-refractivity contribution < 1.29 is 27.9 Å². The molecule has 0 aliphatic heterocycles. The van der Waals surface area contributed by atoms with Crippen LogP contribution >= 0.6 is 11.6 Å². The van der Waals surface area contributed by atoms with Crippen molar-refractivity contribution in [1.82, 2.24) is 10.6 Å². The van der Waals surface area contributed by atoms with Crippen molar-refractivity contribution in [3.8, 4) is 0 Å². The second-order valence-electron chi connectivity index (χ2n) is 11.1. The number of carbonyl (C=O) groups excluding carboxylic acids is 2. The number of aliphatic hydroxyl groups excluding tert-OH is 1. The summed E-state index contributed by atoms with van der Waals surface area (Å²) in [7, 11) is 0. The van der Waals surface area contributed by atoms with Gasteiger partial charge < -0.3 is 20.5 Å². The Balaban J connectivity index is 1.36. The lowest BCUT2D eigenvalue weighted by Crippen LogP contribution is -2.43. The third-order valence-electron chi connectivity index (χ3n) is 8.84. The Hall–Kier alpha value is -1.64. The number of aliphatic hydroxyl groups is 1. The summed E-state index contributed by atoms with van der Waals surface area (Å²) in [6.45, 7) is 0.454. The molecule has 0 unspecified atom stereocenters. The maximum absolute atomic E-state index is 15.1. The highest BCUT2D eigenvalue weighted by atomic mass is 35.5. The number of hydrogen-bond acceptors (Lipinski definition) is 4. The van der Waals surface area contributed by atoms with Crippen LogP contribution in [0.15, 0.2) is 12.1 Å². The predicted molar refractivity (Wildman–Crippen MR) is 120 cm³/mol. The molecular weight excluding hydrogens is 469 g/mol. The number of aldehydes is 1. The molecule has 0 radical (unpaired) electrons. The van der Waals surface area contributed by atoms with Crippen LogP contribution in [0.1, 0.15) is 69.4 Å². The number of rotatable bonds is 8. The van der Waals surface area contributed by atoms with Crippen LogP contribution in [0.4, 0.5) is 13.2 Å². The van der Waals surface area contributed by atoms with Crippen LogP contribution in [0, 0.1) is 28.4 Å². The van der Waals surface area contributed by atoms with Crippen molar-refractivity contribution in [2.24, 2.45) is 16.7 Å². The zero-order valence-corrected chi connectivity index (χ0v) is 19.6. The lowest BCUT2D eigenvalue weighted by atomic mass is 9.74. The normalized spacial score (nSPS) is 36.4. The van der Waals surface area contributed by atoms with Crippen molar-refractivity contribution in [2.75, 3.05) is 6.54 Å². The van der Waals surface area contributed by atoms with Crippen molar-refractivity contribution in [1.29, 1.82) is 0 Å². The largest absolute Gasteiger partial charge is 0.391 e. The number of nitrogens with one attached hydrogen (secondary N) is 2. The molecule has 1 aromatic carbocycles.